The highest BCUT2D eigenvalue weighted by Gasteiger charge is 2.65. The topological polar surface area (TPSA) is 93.1 Å². The Morgan fingerprint density at radius 2 is 0.886 bits per heavy atom. The molecule has 44 heavy (non-hydrogen) atoms. The molecule has 6 aliphatic carbocycles. The molecule has 2 heterocycles. The lowest BCUT2D eigenvalue weighted by Crippen LogP contribution is -2.57. The third-order valence-corrected chi connectivity index (χ3v) is 17.2. The summed E-state index contributed by atoms with van der Waals surface area (Å²) in [6.07, 6.45) is 15.0. The van der Waals surface area contributed by atoms with Gasteiger partial charge in [0.05, 0.1) is 24.4 Å². The molecule has 14 atom stereocenters. The number of hydrogen-bond donors (Lipinski definition) is 2. The molecule has 0 aromatic heterocycles. The second-order valence-corrected chi connectivity index (χ2v) is 18.6. The van der Waals surface area contributed by atoms with Crippen molar-refractivity contribution in [3.8, 4) is 0 Å². The van der Waals surface area contributed by atoms with Gasteiger partial charge in [-0.15, -0.1) is 0 Å². The first-order valence-electron chi connectivity index (χ1n) is 18.3. The molecule has 8 fully saturated rings. The second kappa shape index (κ2) is 10.2. The summed E-state index contributed by atoms with van der Waals surface area (Å²) in [6, 6.07) is 0. The van der Waals surface area contributed by atoms with Crippen LogP contribution in [0.2, 0.25) is 0 Å². The first kappa shape index (κ1) is 31.5. The van der Waals surface area contributed by atoms with Crippen LogP contribution in [-0.4, -0.2) is 46.6 Å². The zero-order chi connectivity index (χ0) is 31.5. The van der Waals surface area contributed by atoms with E-state index < -0.39 is 11.2 Å². The second-order valence-electron chi connectivity index (χ2n) is 18.6. The molecule has 8 rings (SSSR count). The highest BCUT2D eigenvalue weighted by atomic mass is 16.5. The Bertz CT molecular complexity index is 1090. The third kappa shape index (κ3) is 4.30. The van der Waals surface area contributed by atoms with Gasteiger partial charge in [0, 0.05) is 23.7 Å². The zero-order valence-corrected chi connectivity index (χ0v) is 28.5. The van der Waals surface area contributed by atoms with E-state index in [-0.39, 0.29) is 33.6 Å². The van der Waals surface area contributed by atoms with Gasteiger partial charge >= 0.3 is 11.9 Å². The summed E-state index contributed by atoms with van der Waals surface area (Å²) in [5, 5.41) is 21.8. The molecule has 0 amide bonds. The number of ether oxygens (including phenoxy) is 2. The number of aliphatic hydroxyl groups is 2. The van der Waals surface area contributed by atoms with Gasteiger partial charge in [-0.3, -0.25) is 9.59 Å². The minimum absolute atomic E-state index is 0.00497. The summed E-state index contributed by atoms with van der Waals surface area (Å²) in [5.41, 5.74) is -0.483. The lowest BCUT2D eigenvalue weighted by atomic mass is 9.46. The molecule has 6 heteroatoms. The Balaban J connectivity index is 0.000000142. The van der Waals surface area contributed by atoms with Crippen LogP contribution in [0.4, 0.5) is 0 Å². The maximum atomic E-state index is 11.7. The Morgan fingerprint density at radius 3 is 1.27 bits per heavy atom. The summed E-state index contributed by atoms with van der Waals surface area (Å²) in [6.45, 7) is 14.8. The predicted molar refractivity (Wildman–Crippen MR) is 168 cm³/mol. The van der Waals surface area contributed by atoms with Gasteiger partial charge in [0.2, 0.25) is 0 Å². The van der Waals surface area contributed by atoms with Gasteiger partial charge in [-0.05, 0) is 149 Å². The van der Waals surface area contributed by atoms with Crippen LogP contribution in [0.5, 0.6) is 0 Å². The van der Waals surface area contributed by atoms with Crippen molar-refractivity contribution in [3.05, 3.63) is 0 Å². The minimum Gasteiger partial charge on any atom is -0.465 e. The van der Waals surface area contributed by atoms with Crippen LogP contribution >= 0.6 is 0 Å². The van der Waals surface area contributed by atoms with Crippen molar-refractivity contribution in [1.82, 2.24) is 0 Å². The van der Waals surface area contributed by atoms with E-state index in [1.165, 1.54) is 51.4 Å². The van der Waals surface area contributed by atoms with Crippen LogP contribution in [0.1, 0.15) is 131 Å². The van der Waals surface area contributed by atoms with E-state index in [9.17, 15) is 19.8 Å². The predicted octanol–water partition coefficient (Wildman–Crippen LogP) is 7.09. The molecule has 8 aliphatic rings. The number of cyclic esters (lactones) is 2. The van der Waals surface area contributed by atoms with E-state index >= 15 is 0 Å². The highest BCUT2D eigenvalue weighted by Crippen LogP contribution is 2.68. The van der Waals surface area contributed by atoms with Gasteiger partial charge in [-0.25, -0.2) is 0 Å². The van der Waals surface area contributed by atoms with Gasteiger partial charge in [0.15, 0.2) is 0 Å². The van der Waals surface area contributed by atoms with Crippen LogP contribution in [0.3, 0.4) is 0 Å². The molecule has 0 unspecified atom stereocenters. The van der Waals surface area contributed by atoms with Crippen molar-refractivity contribution in [3.63, 3.8) is 0 Å². The van der Waals surface area contributed by atoms with Crippen LogP contribution < -0.4 is 0 Å². The first-order chi connectivity index (χ1) is 20.6. The number of hydrogen-bond acceptors (Lipinski definition) is 6. The SMILES string of the molecule is C[C@]12COC(=O)C[C@@H]1CC[C@@H]1[C@@H]2CC[C@@]2(C)[C@H]1CC[C@]2(C)O.C[C@]12COC(=O)C[C@@H]1CC[C@@H]1[C@@H]2CC[C@@]2(C)[C@H]1CC[C@]2(C)O. The molecular formula is C38H60O6. The first-order valence-corrected chi connectivity index (χ1v) is 18.3. The van der Waals surface area contributed by atoms with E-state index in [1.807, 2.05) is 0 Å². The number of carbonyl (C=O) groups is 2. The lowest BCUT2D eigenvalue weighted by Gasteiger charge is -2.60. The molecule has 2 saturated heterocycles. The van der Waals surface area contributed by atoms with E-state index in [0.717, 1.165) is 25.7 Å². The molecule has 2 N–H and O–H groups in total. The van der Waals surface area contributed by atoms with Gasteiger partial charge in [-0.1, -0.05) is 27.7 Å². The Labute approximate surface area is 265 Å². The van der Waals surface area contributed by atoms with E-state index in [1.54, 1.807) is 0 Å². The van der Waals surface area contributed by atoms with Gasteiger partial charge in [0.1, 0.15) is 0 Å². The van der Waals surface area contributed by atoms with Crippen LogP contribution in [0, 0.1) is 69.0 Å². The van der Waals surface area contributed by atoms with Gasteiger partial charge < -0.3 is 19.7 Å². The van der Waals surface area contributed by atoms with Crippen molar-refractivity contribution in [2.45, 2.75) is 143 Å². The summed E-state index contributed by atoms with van der Waals surface area (Å²) in [5.74, 6) is 5.11. The number of fused-ring (bicyclic) bond motifs is 10. The zero-order valence-electron chi connectivity index (χ0n) is 28.5. The molecule has 0 radical (unpaired) electrons. The quantitative estimate of drug-likeness (QED) is 0.284. The standard InChI is InChI=1S/2C19H30O3/c2*1-17-11-22-16(20)10-12(17)4-5-13-14(17)6-8-18(2)15(13)7-9-19(18,3)21/h2*12-15,21H,4-11H2,1-3H3/t2*12-,13+,14-,15-,17-,18-,19-/m00/s1. The molecule has 0 spiro atoms. The molecule has 6 saturated carbocycles. The monoisotopic (exact) mass is 612 g/mol. The molecule has 248 valence electrons. The van der Waals surface area contributed by atoms with Crippen molar-refractivity contribution in [1.29, 1.82) is 0 Å². The Hall–Kier alpha value is -1.14. The summed E-state index contributed by atoms with van der Waals surface area (Å²) >= 11 is 0. The van der Waals surface area contributed by atoms with Crippen molar-refractivity contribution >= 4 is 11.9 Å². The number of rotatable bonds is 0. The van der Waals surface area contributed by atoms with Crippen molar-refractivity contribution < 1.29 is 29.3 Å². The van der Waals surface area contributed by atoms with Crippen LogP contribution in [0.25, 0.3) is 0 Å². The smallest absolute Gasteiger partial charge is 0.306 e. The summed E-state index contributed by atoms with van der Waals surface area (Å²) in [4.78, 5) is 23.4. The van der Waals surface area contributed by atoms with E-state index in [4.69, 9.17) is 9.47 Å². The molecule has 0 aromatic carbocycles. The number of carbonyl (C=O) groups excluding carboxylic acids is 2. The maximum Gasteiger partial charge on any atom is 0.306 e. The fraction of sp³-hybridized carbons (Fsp3) is 0.947. The largest absolute Gasteiger partial charge is 0.465 e. The van der Waals surface area contributed by atoms with Crippen LogP contribution in [-0.2, 0) is 19.1 Å². The van der Waals surface area contributed by atoms with Crippen molar-refractivity contribution in [2.24, 2.45) is 69.0 Å². The Kier molecular flexibility index (Phi) is 7.28. The fourth-order valence-electron chi connectivity index (χ4n) is 13.7. The normalized spacial score (nSPS) is 57.5. The average Bonchev–Trinajstić information content (AvgIpc) is 3.36. The maximum absolute atomic E-state index is 11.7. The molecular weight excluding hydrogens is 552 g/mol. The summed E-state index contributed by atoms with van der Waals surface area (Å²) < 4.78 is 11.0. The molecule has 0 bridgehead atoms. The molecule has 0 aromatic rings. The average molecular weight is 613 g/mol. The molecule has 2 aliphatic heterocycles. The lowest BCUT2D eigenvalue weighted by molar-refractivity contribution is -0.187. The van der Waals surface area contributed by atoms with Crippen molar-refractivity contribution in [2.75, 3.05) is 13.2 Å². The van der Waals surface area contributed by atoms with Gasteiger partial charge in [-0.2, -0.15) is 0 Å². The van der Waals surface area contributed by atoms with Crippen LogP contribution in [0.15, 0.2) is 0 Å². The third-order valence-electron chi connectivity index (χ3n) is 17.2. The van der Waals surface area contributed by atoms with E-state index in [2.05, 4.69) is 41.5 Å². The Morgan fingerprint density at radius 1 is 0.523 bits per heavy atom. The van der Waals surface area contributed by atoms with Gasteiger partial charge in [0.25, 0.3) is 0 Å². The fourth-order valence-corrected chi connectivity index (χ4v) is 13.7. The molecule has 6 nitrogen and oxygen atoms in total. The number of esters is 2. The highest BCUT2D eigenvalue weighted by molar-refractivity contribution is 5.71. The summed E-state index contributed by atoms with van der Waals surface area (Å²) in [7, 11) is 0. The minimum atomic E-state index is -0.501. The van der Waals surface area contributed by atoms with E-state index in [0.29, 0.717) is 73.4 Å².